The predicted octanol–water partition coefficient (Wildman–Crippen LogP) is 4.33. The van der Waals surface area contributed by atoms with Crippen LogP contribution in [0.5, 0.6) is 0 Å². The number of benzene rings is 1. The van der Waals surface area contributed by atoms with Crippen LogP contribution >= 0.6 is 11.6 Å². The lowest BCUT2D eigenvalue weighted by molar-refractivity contribution is -0.138. The molecule has 22 heavy (non-hydrogen) atoms. The van der Waals surface area contributed by atoms with Crippen LogP contribution in [0.1, 0.15) is 32.8 Å². The summed E-state index contributed by atoms with van der Waals surface area (Å²) in [5.41, 5.74) is 7.41. The quantitative estimate of drug-likeness (QED) is 0.595. The van der Waals surface area contributed by atoms with E-state index in [0.717, 1.165) is 5.56 Å². The third-order valence-electron chi connectivity index (χ3n) is 4.22. The van der Waals surface area contributed by atoms with Gasteiger partial charge in [-0.3, -0.25) is 4.79 Å². The molecule has 0 aliphatic rings. The largest absolute Gasteiger partial charge is 0.481 e. The van der Waals surface area contributed by atoms with Gasteiger partial charge in [0.1, 0.15) is 0 Å². The minimum atomic E-state index is -2.06. The maximum atomic E-state index is 11.2. The summed E-state index contributed by atoms with van der Waals surface area (Å²) in [5, 5.41) is 9.77. The van der Waals surface area contributed by atoms with Gasteiger partial charge in [0.15, 0.2) is 8.32 Å². The van der Waals surface area contributed by atoms with E-state index in [1.807, 2.05) is 0 Å². The van der Waals surface area contributed by atoms with E-state index in [2.05, 4.69) is 33.9 Å². The van der Waals surface area contributed by atoms with Gasteiger partial charge in [0, 0.05) is 17.1 Å². The van der Waals surface area contributed by atoms with E-state index in [0.29, 0.717) is 17.1 Å². The van der Waals surface area contributed by atoms with Crippen molar-refractivity contribution in [2.75, 3.05) is 5.73 Å². The molecule has 0 aliphatic heterocycles. The predicted molar refractivity (Wildman–Crippen MR) is 93.9 cm³/mol. The zero-order valence-corrected chi connectivity index (χ0v) is 15.7. The summed E-state index contributed by atoms with van der Waals surface area (Å²) in [4.78, 5) is 11.2. The summed E-state index contributed by atoms with van der Waals surface area (Å²) in [6.45, 7) is 10.6. The number of nitrogen functional groups attached to an aromatic ring is 1. The number of carboxylic acid groups (broad SMARTS) is 1. The lowest BCUT2D eigenvalue weighted by atomic mass is 10.0. The molecule has 0 saturated carbocycles. The number of halogens is 1. The standard InChI is InChI=1S/C16H26ClNO3Si/c1-16(2,3)22(4,5)21-13(10-15(19)20)9-11-8-12(17)6-7-14(11)18/h6-8,13H,9-10,18H2,1-5H3,(H,19,20). The average molecular weight is 344 g/mol. The number of carboxylic acids is 1. The molecule has 0 saturated heterocycles. The third kappa shape index (κ3) is 5.30. The highest BCUT2D eigenvalue weighted by Gasteiger charge is 2.39. The van der Waals surface area contributed by atoms with Gasteiger partial charge in [-0.15, -0.1) is 0 Å². The summed E-state index contributed by atoms with van der Waals surface area (Å²) in [6.07, 6.45) is 0.00286. The van der Waals surface area contributed by atoms with Crippen molar-refractivity contribution >= 4 is 31.6 Å². The van der Waals surface area contributed by atoms with Crippen LogP contribution in [-0.2, 0) is 15.6 Å². The molecule has 0 bridgehead atoms. The summed E-state index contributed by atoms with van der Waals surface area (Å²) < 4.78 is 6.27. The number of carbonyl (C=O) groups is 1. The van der Waals surface area contributed by atoms with Crippen LogP contribution < -0.4 is 5.73 Å². The molecule has 1 aromatic carbocycles. The molecule has 0 aliphatic carbocycles. The number of rotatable bonds is 6. The van der Waals surface area contributed by atoms with Gasteiger partial charge in [0.05, 0.1) is 12.5 Å². The molecule has 124 valence electrons. The van der Waals surface area contributed by atoms with Gasteiger partial charge in [0.25, 0.3) is 0 Å². The molecule has 1 unspecified atom stereocenters. The SMILES string of the molecule is CC(C)(C)[Si](C)(C)OC(CC(=O)O)Cc1cc(Cl)ccc1N. The minimum Gasteiger partial charge on any atom is -0.481 e. The molecule has 3 N–H and O–H groups in total. The molecule has 0 heterocycles. The summed E-state index contributed by atoms with van der Waals surface area (Å²) in [6, 6.07) is 5.24. The van der Waals surface area contributed by atoms with Gasteiger partial charge >= 0.3 is 5.97 Å². The van der Waals surface area contributed by atoms with E-state index in [-0.39, 0.29) is 11.5 Å². The second-order valence-electron chi connectivity index (χ2n) is 7.15. The topological polar surface area (TPSA) is 72.5 Å². The van der Waals surface area contributed by atoms with Crippen LogP contribution in [-0.4, -0.2) is 25.5 Å². The molecular formula is C16H26ClNO3Si. The molecule has 0 fully saturated rings. The zero-order valence-electron chi connectivity index (χ0n) is 13.9. The average Bonchev–Trinajstić information content (AvgIpc) is 2.31. The maximum absolute atomic E-state index is 11.2. The summed E-state index contributed by atoms with van der Waals surface area (Å²) in [5.74, 6) is -0.871. The van der Waals surface area contributed by atoms with E-state index in [4.69, 9.17) is 26.9 Å². The minimum absolute atomic E-state index is 0.0175. The van der Waals surface area contributed by atoms with Crippen molar-refractivity contribution in [2.24, 2.45) is 0 Å². The van der Waals surface area contributed by atoms with Gasteiger partial charge in [-0.2, -0.15) is 0 Å². The molecule has 0 amide bonds. The fourth-order valence-electron chi connectivity index (χ4n) is 1.94. The number of aliphatic carboxylic acids is 1. The van der Waals surface area contributed by atoms with Gasteiger partial charge in [-0.05, 0) is 41.9 Å². The molecule has 0 spiro atoms. The van der Waals surface area contributed by atoms with E-state index < -0.39 is 20.4 Å². The highest BCUT2D eigenvalue weighted by Crippen LogP contribution is 2.38. The van der Waals surface area contributed by atoms with Crippen molar-refractivity contribution in [1.82, 2.24) is 0 Å². The first-order valence-electron chi connectivity index (χ1n) is 7.36. The van der Waals surface area contributed by atoms with Gasteiger partial charge < -0.3 is 15.3 Å². The smallest absolute Gasteiger partial charge is 0.305 e. The molecule has 0 aromatic heterocycles. The van der Waals surface area contributed by atoms with Crippen LogP contribution in [0.15, 0.2) is 18.2 Å². The van der Waals surface area contributed by atoms with Crippen molar-refractivity contribution in [2.45, 2.75) is 57.8 Å². The van der Waals surface area contributed by atoms with E-state index >= 15 is 0 Å². The van der Waals surface area contributed by atoms with Crippen molar-refractivity contribution in [3.63, 3.8) is 0 Å². The molecular weight excluding hydrogens is 318 g/mol. The van der Waals surface area contributed by atoms with Gasteiger partial charge in [-0.1, -0.05) is 32.4 Å². The maximum Gasteiger partial charge on any atom is 0.305 e. The molecule has 4 nitrogen and oxygen atoms in total. The van der Waals surface area contributed by atoms with Crippen molar-refractivity contribution in [1.29, 1.82) is 0 Å². The normalized spacial score (nSPS) is 13.9. The second kappa shape index (κ2) is 7.02. The monoisotopic (exact) mass is 343 g/mol. The first-order valence-corrected chi connectivity index (χ1v) is 10.6. The highest BCUT2D eigenvalue weighted by molar-refractivity contribution is 6.74. The van der Waals surface area contributed by atoms with Crippen LogP contribution in [0.2, 0.25) is 23.2 Å². The first kappa shape index (κ1) is 19.0. The fraction of sp³-hybridized carbons (Fsp3) is 0.562. The van der Waals surface area contributed by atoms with Gasteiger partial charge in [0.2, 0.25) is 0 Å². The Bertz CT molecular complexity index is 541. The molecule has 1 aromatic rings. The van der Waals surface area contributed by atoms with Crippen molar-refractivity contribution in [3.05, 3.63) is 28.8 Å². The van der Waals surface area contributed by atoms with Crippen LogP contribution in [0.25, 0.3) is 0 Å². The Morgan fingerprint density at radius 2 is 2.00 bits per heavy atom. The molecule has 1 atom stereocenters. The molecule has 0 radical (unpaired) electrons. The highest BCUT2D eigenvalue weighted by atomic mass is 35.5. The second-order valence-corrected chi connectivity index (χ2v) is 12.3. The summed E-state index contributed by atoms with van der Waals surface area (Å²) >= 11 is 6.01. The first-order chi connectivity index (χ1) is 9.92. The summed E-state index contributed by atoms with van der Waals surface area (Å²) in [7, 11) is -2.06. The van der Waals surface area contributed by atoms with Gasteiger partial charge in [-0.25, -0.2) is 0 Å². The Morgan fingerprint density at radius 3 is 2.50 bits per heavy atom. The Balaban J connectivity index is 2.99. The van der Waals surface area contributed by atoms with Crippen LogP contribution in [0.3, 0.4) is 0 Å². The Kier molecular flexibility index (Phi) is 6.07. The Morgan fingerprint density at radius 1 is 1.41 bits per heavy atom. The van der Waals surface area contributed by atoms with Crippen LogP contribution in [0.4, 0.5) is 5.69 Å². The van der Waals surface area contributed by atoms with E-state index in [1.165, 1.54) is 0 Å². The zero-order chi connectivity index (χ0) is 17.1. The van der Waals surface area contributed by atoms with Crippen LogP contribution in [0, 0.1) is 0 Å². The number of anilines is 1. The lowest BCUT2D eigenvalue weighted by Gasteiger charge is -2.39. The third-order valence-corrected chi connectivity index (χ3v) is 8.99. The lowest BCUT2D eigenvalue weighted by Crippen LogP contribution is -2.45. The number of hydrogen-bond donors (Lipinski definition) is 2. The van der Waals surface area contributed by atoms with Crippen molar-refractivity contribution in [3.8, 4) is 0 Å². The molecule has 1 rings (SSSR count). The number of nitrogens with two attached hydrogens (primary N) is 1. The fourth-order valence-corrected chi connectivity index (χ4v) is 3.49. The Labute approximate surface area is 138 Å². The van der Waals surface area contributed by atoms with E-state index in [9.17, 15) is 4.79 Å². The number of hydrogen-bond acceptors (Lipinski definition) is 3. The van der Waals surface area contributed by atoms with Crippen molar-refractivity contribution < 1.29 is 14.3 Å². The molecule has 6 heteroatoms. The Hall–Kier alpha value is -1.04. The van der Waals surface area contributed by atoms with E-state index in [1.54, 1.807) is 18.2 Å².